The number of rotatable bonds is 5. The van der Waals surface area contributed by atoms with Crippen LogP contribution in [0.5, 0.6) is 5.75 Å². The Bertz CT molecular complexity index is 616. The molecular formula is C15H17Cl3F2N2O3. The Morgan fingerprint density at radius 1 is 1.44 bits per heavy atom. The Hall–Kier alpha value is -1.02. The first-order valence-electron chi connectivity index (χ1n) is 7.42. The molecule has 0 spiro atoms. The van der Waals surface area contributed by atoms with E-state index in [1.54, 1.807) is 0 Å². The summed E-state index contributed by atoms with van der Waals surface area (Å²) in [6, 6.07) is 3.96. The van der Waals surface area contributed by atoms with Gasteiger partial charge in [-0.2, -0.15) is 0 Å². The van der Waals surface area contributed by atoms with Crippen molar-refractivity contribution in [1.82, 2.24) is 5.32 Å². The predicted molar refractivity (Wildman–Crippen MR) is 93.2 cm³/mol. The molecular weight excluding hydrogens is 401 g/mol. The highest BCUT2D eigenvalue weighted by Gasteiger charge is 2.32. The summed E-state index contributed by atoms with van der Waals surface area (Å²) in [5.74, 6) is -0.787. The van der Waals surface area contributed by atoms with Gasteiger partial charge < -0.3 is 14.8 Å². The molecule has 1 aliphatic heterocycles. The van der Waals surface area contributed by atoms with Crippen LogP contribution in [0.15, 0.2) is 18.2 Å². The number of nitrogens with zero attached hydrogens (tertiary/aromatic N) is 1. The van der Waals surface area contributed by atoms with Crippen molar-refractivity contribution >= 4 is 46.6 Å². The second kappa shape index (κ2) is 8.58. The third kappa shape index (κ3) is 5.74. The number of benzene rings is 1. The minimum atomic E-state index is -1.80. The third-order valence-electron chi connectivity index (χ3n) is 3.60. The maximum Gasteiger partial charge on any atom is 0.414 e. The van der Waals surface area contributed by atoms with Crippen molar-refractivity contribution in [2.75, 3.05) is 31.7 Å². The summed E-state index contributed by atoms with van der Waals surface area (Å²) in [4.78, 5) is 13.4. The van der Waals surface area contributed by atoms with E-state index in [4.69, 9.17) is 44.3 Å². The molecule has 0 aromatic heterocycles. The molecule has 0 radical (unpaired) electrons. The zero-order valence-corrected chi connectivity index (χ0v) is 15.5. The largest absolute Gasteiger partial charge is 0.494 e. The SMILES string of the molecule is COc1cccc(N(C[C@@H]2C[C@@H](F)CN2)C(=O)OCC(Cl)(Cl)Cl)c1F. The molecule has 5 nitrogen and oxygen atoms in total. The number of halogens is 5. The summed E-state index contributed by atoms with van der Waals surface area (Å²) in [5.41, 5.74) is -0.0715. The van der Waals surface area contributed by atoms with Crippen LogP contribution in [-0.4, -0.2) is 48.9 Å². The lowest BCUT2D eigenvalue weighted by molar-refractivity contribution is 0.155. The Balaban J connectivity index is 2.24. The van der Waals surface area contributed by atoms with Crippen LogP contribution in [0.3, 0.4) is 0 Å². The normalized spacial score (nSPS) is 20.4. The molecule has 1 N–H and O–H groups in total. The zero-order valence-electron chi connectivity index (χ0n) is 13.3. The van der Waals surface area contributed by atoms with Gasteiger partial charge >= 0.3 is 6.09 Å². The topological polar surface area (TPSA) is 50.8 Å². The van der Waals surface area contributed by atoms with Gasteiger partial charge in [-0.3, -0.25) is 4.90 Å². The standard InChI is InChI=1S/C15H17Cl3F2N2O3/c1-24-12-4-2-3-11(13(12)20)22(7-10-5-9(19)6-21-10)14(23)25-8-15(16,17)18/h2-4,9-10,21H,5-8H2,1H3/t9-,10+/m1/s1. The molecule has 1 amide bonds. The van der Waals surface area contributed by atoms with Gasteiger partial charge in [0.15, 0.2) is 11.6 Å². The first-order chi connectivity index (χ1) is 11.7. The zero-order chi connectivity index (χ0) is 18.6. The van der Waals surface area contributed by atoms with Crippen LogP contribution in [0.1, 0.15) is 6.42 Å². The van der Waals surface area contributed by atoms with E-state index in [-0.39, 0.29) is 37.0 Å². The van der Waals surface area contributed by atoms with Crippen LogP contribution in [0.25, 0.3) is 0 Å². The fourth-order valence-corrected chi connectivity index (χ4v) is 2.65. The van der Waals surface area contributed by atoms with Crippen LogP contribution in [0.4, 0.5) is 19.3 Å². The van der Waals surface area contributed by atoms with Crippen LogP contribution in [0.2, 0.25) is 0 Å². The number of anilines is 1. The lowest BCUT2D eigenvalue weighted by Crippen LogP contribution is -2.42. The summed E-state index contributed by atoms with van der Waals surface area (Å²) >= 11 is 16.7. The Morgan fingerprint density at radius 2 is 2.16 bits per heavy atom. The second-order valence-electron chi connectivity index (χ2n) is 5.51. The fraction of sp³-hybridized carbons (Fsp3) is 0.533. The highest BCUT2D eigenvalue weighted by molar-refractivity contribution is 6.67. The quantitative estimate of drug-likeness (QED) is 0.740. The van der Waals surface area contributed by atoms with Crippen molar-refractivity contribution in [2.24, 2.45) is 0 Å². The first-order valence-corrected chi connectivity index (χ1v) is 8.55. The maximum atomic E-state index is 14.6. The molecule has 140 valence electrons. The molecule has 1 aliphatic rings. The van der Waals surface area contributed by atoms with E-state index in [1.807, 2.05) is 0 Å². The van der Waals surface area contributed by atoms with E-state index in [1.165, 1.54) is 25.3 Å². The number of amides is 1. The number of methoxy groups -OCH3 is 1. The van der Waals surface area contributed by atoms with Crippen molar-refractivity contribution in [3.05, 3.63) is 24.0 Å². The first kappa shape index (κ1) is 20.3. The molecule has 0 bridgehead atoms. The van der Waals surface area contributed by atoms with E-state index in [0.717, 1.165) is 4.90 Å². The van der Waals surface area contributed by atoms with E-state index in [2.05, 4.69) is 5.32 Å². The summed E-state index contributed by atoms with van der Waals surface area (Å²) in [6.07, 6.45) is -1.75. The van der Waals surface area contributed by atoms with Crippen LogP contribution < -0.4 is 15.0 Å². The molecule has 0 aliphatic carbocycles. The number of nitrogens with one attached hydrogen (secondary N) is 1. The minimum absolute atomic E-state index is 0.0107. The number of carbonyl (C=O) groups is 1. The average molecular weight is 418 g/mol. The lowest BCUT2D eigenvalue weighted by atomic mass is 10.2. The van der Waals surface area contributed by atoms with Gasteiger partial charge in [-0.25, -0.2) is 13.6 Å². The van der Waals surface area contributed by atoms with Gasteiger partial charge in [-0.1, -0.05) is 40.9 Å². The number of hydrogen-bond acceptors (Lipinski definition) is 4. The molecule has 10 heteroatoms. The van der Waals surface area contributed by atoms with E-state index in [0.29, 0.717) is 0 Å². The molecule has 25 heavy (non-hydrogen) atoms. The lowest BCUT2D eigenvalue weighted by Gasteiger charge is -2.26. The summed E-state index contributed by atoms with van der Waals surface area (Å²) < 4.78 is 36.0. The average Bonchev–Trinajstić information content (AvgIpc) is 2.95. The fourth-order valence-electron chi connectivity index (χ4n) is 2.49. The maximum absolute atomic E-state index is 14.6. The molecule has 1 saturated heterocycles. The van der Waals surface area contributed by atoms with E-state index < -0.39 is 28.5 Å². The van der Waals surface area contributed by atoms with Gasteiger partial charge in [0, 0.05) is 19.1 Å². The molecule has 2 rings (SSSR count). The molecule has 0 saturated carbocycles. The van der Waals surface area contributed by atoms with Crippen LogP contribution in [0, 0.1) is 5.82 Å². The van der Waals surface area contributed by atoms with Crippen molar-refractivity contribution in [3.8, 4) is 5.75 Å². The number of ether oxygens (including phenoxy) is 2. The number of carbonyl (C=O) groups excluding carboxylic acids is 1. The van der Waals surface area contributed by atoms with Gasteiger partial charge in [-0.05, 0) is 18.6 Å². The van der Waals surface area contributed by atoms with Crippen molar-refractivity contribution in [3.63, 3.8) is 0 Å². The smallest absolute Gasteiger partial charge is 0.414 e. The molecule has 1 aromatic carbocycles. The van der Waals surface area contributed by atoms with Crippen molar-refractivity contribution < 1.29 is 23.0 Å². The number of hydrogen-bond donors (Lipinski definition) is 1. The monoisotopic (exact) mass is 416 g/mol. The third-order valence-corrected chi connectivity index (χ3v) is 3.93. The molecule has 1 aromatic rings. The van der Waals surface area contributed by atoms with Gasteiger partial charge in [-0.15, -0.1) is 0 Å². The molecule has 1 fully saturated rings. The van der Waals surface area contributed by atoms with Crippen LogP contribution in [-0.2, 0) is 4.74 Å². The van der Waals surface area contributed by atoms with Gasteiger partial charge in [0.2, 0.25) is 3.79 Å². The summed E-state index contributed by atoms with van der Waals surface area (Å²) in [7, 11) is 1.31. The Morgan fingerprint density at radius 3 is 2.72 bits per heavy atom. The Kier molecular flexibility index (Phi) is 6.96. The summed E-state index contributed by atoms with van der Waals surface area (Å²) in [6.45, 7) is -0.353. The van der Waals surface area contributed by atoms with E-state index >= 15 is 0 Å². The van der Waals surface area contributed by atoms with Gasteiger partial charge in [0.25, 0.3) is 0 Å². The minimum Gasteiger partial charge on any atom is -0.494 e. The number of alkyl halides is 4. The van der Waals surface area contributed by atoms with Crippen molar-refractivity contribution in [1.29, 1.82) is 0 Å². The molecule has 2 atom stereocenters. The highest BCUT2D eigenvalue weighted by atomic mass is 35.6. The predicted octanol–water partition coefficient (Wildman–Crippen LogP) is 3.85. The highest BCUT2D eigenvalue weighted by Crippen LogP contribution is 2.30. The summed E-state index contributed by atoms with van der Waals surface area (Å²) in [5, 5.41) is 2.93. The van der Waals surface area contributed by atoms with Crippen LogP contribution >= 0.6 is 34.8 Å². The Labute approximate surface area is 159 Å². The molecule has 0 unspecified atom stereocenters. The van der Waals surface area contributed by atoms with Crippen molar-refractivity contribution in [2.45, 2.75) is 22.4 Å². The van der Waals surface area contributed by atoms with E-state index in [9.17, 15) is 13.6 Å². The van der Waals surface area contributed by atoms with Gasteiger partial charge in [0.05, 0.1) is 12.8 Å². The van der Waals surface area contributed by atoms with Gasteiger partial charge in [0.1, 0.15) is 12.8 Å². The molecule has 1 heterocycles. The second-order valence-corrected chi connectivity index (χ2v) is 8.03.